The van der Waals surface area contributed by atoms with Crippen molar-refractivity contribution in [2.24, 2.45) is 0 Å². The molecule has 0 heterocycles. The molecule has 0 amide bonds. The second-order valence-electron chi connectivity index (χ2n) is 3.01. The van der Waals surface area contributed by atoms with Crippen LogP contribution in [0.1, 0.15) is 11.1 Å². The number of nitriles is 1. The van der Waals surface area contributed by atoms with E-state index in [9.17, 15) is 23.3 Å². The molecule has 0 atom stereocenters. The summed E-state index contributed by atoms with van der Waals surface area (Å²) in [4.78, 5) is 9.78. The quantitative estimate of drug-likeness (QED) is 0.621. The second kappa shape index (κ2) is 4.71. The molecule has 0 aliphatic carbocycles. The van der Waals surface area contributed by atoms with Crippen molar-refractivity contribution in [3.63, 3.8) is 0 Å². The summed E-state index contributed by atoms with van der Waals surface area (Å²) in [5, 5.41) is 19.1. The molecule has 4 nitrogen and oxygen atoms in total. The number of rotatable bonds is 2. The molecule has 0 saturated heterocycles. The van der Waals surface area contributed by atoms with Crippen LogP contribution in [0.15, 0.2) is 16.6 Å². The van der Waals surface area contributed by atoms with Gasteiger partial charge in [0.05, 0.1) is 28.5 Å². The van der Waals surface area contributed by atoms with E-state index in [1.165, 1.54) is 0 Å². The minimum Gasteiger partial charge on any atom is -0.258 e. The fourth-order valence-corrected chi connectivity index (χ4v) is 1.95. The van der Waals surface area contributed by atoms with Crippen LogP contribution < -0.4 is 0 Å². The molecule has 0 unspecified atom stereocenters. The van der Waals surface area contributed by atoms with Crippen molar-refractivity contribution in [3.05, 3.63) is 37.8 Å². The van der Waals surface area contributed by atoms with E-state index in [0.717, 1.165) is 6.07 Å². The van der Waals surface area contributed by atoms with Gasteiger partial charge in [0, 0.05) is 10.5 Å². The van der Waals surface area contributed by atoms with Crippen molar-refractivity contribution in [2.45, 2.75) is 12.6 Å². The van der Waals surface area contributed by atoms with Crippen molar-refractivity contribution in [1.82, 2.24) is 0 Å². The number of nitro groups is 1. The highest BCUT2D eigenvalue weighted by atomic mass is 79.9. The molecule has 1 aromatic carbocycles. The van der Waals surface area contributed by atoms with Gasteiger partial charge in [-0.25, -0.2) is 0 Å². The summed E-state index contributed by atoms with van der Waals surface area (Å²) in [7, 11) is 0. The number of nitro benzene ring substituents is 1. The molecule has 1 aromatic rings. The lowest BCUT2D eigenvalue weighted by molar-refractivity contribution is -0.385. The van der Waals surface area contributed by atoms with Crippen LogP contribution in [0.2, 0.25) is 0 Å². The molecule has 1 rings (SSSR count). The number of halogens is 4. The summed E-state index contributed by atoms with van der Waals surface area (Å²) in [6, 6.07) is 2.96. The van der Waals surface area contributed by atoms with Crippen LogP contribution in [0, 0.1) is 21.4 Å². The fraction of sp³-hybridized carbons (Fsp3) is 0.222. The van der Waals surface area contributed by atoms with E-state index in [-0.39, 0.29) is 5.56 Å². The Balaban J connectivity index is 3.50. The smallest absolute Gasteiger partial charge is 0.258 e. The predicted octanol–water partition coefficient (Wildman–Crippen LogP) is 3.44. The van der Waals surface area contributed by atoms with Crippen molar-refractivity contribution >= 4 is 21.6 Å². The number of benzene rings is 1. The molecule has 0 saturated carbocycles. The lowest BCUT2D eigenvalue weighted by Gasteiger charge is -2.11. The Kier molecular flexibility index (Phi) is 3.72. The van der Waals surface area contributed by atoms with Gasteiger partial charge in [-0.3, -0.25) is 10.1 Å². The maximum absolute atomic E-state index is 12.5. The van der Waals surface area contributed by atoms with Crippen LogP contribution >= 0.6 is 15.9 Å². The summed E-state index contributed by atoms with van der Waals surface area (Å²) in [5.74, 6) is 0. The van der Waals surface area contributed by atoms with Crippen LogP contribution in [0.5, 0.6) is 0 Å². The highest BCUT2D eigenvalue weighted by Gasteiger charge is 2.35. The summed E-state index contributed by atoms with van der Waals surface area (Å²) in [6.45, 7) is 0. The molecular weight excluding hydrogens is 305 g/mol. The highest BCUT2D eigenvalue weighted by molar-refractivity contribution is 9.10. The van der Waals surface area contributed by atoms with Crippen molar-refractivity contribution in [2.75, 3.05) is 0 Å². The molecule has 8 heteroatoms. The summed E-state index contributed by atoms with van der Waals surface area (Å²) < 4.78 is 37.1. The van der Waals surface area contributed by atoms with Gasteiger partial charge in [-0.2, -0.15) is 18.4 Å². The van der Waals surface area contributed by atoms with Gasteiger partial charge in [-0.1, -0.05) is 0 Å². The number of nitrogens with zero attached hydrogens (tertiary/aromatic N) is 2. The van der Waals surface area contributed by atoms with E-state index in [1.54, 1.807) is 6.07 Å². The number of alkyl halides is 3. The van der Waals surface area contributed by atoms with Crippen LogP contribution in [0.25, 0.3) is 0 Å². The molecule has 0 fully saturated rings. The number of hydrogen-bond donors (Lipinski definition) is 0. The molecule has 0 N–H and O–H groups in total. The fourth-order valence-electron chi connectivity index (χ4n) is 1.25. The second-order valence-corrected chi connectivity index (χ2v) is 3.81. The first-order chi connectivity index (χ1) is 7.79. The molecule has 90 valence electrons. The molecule has 0 bridgehead atoms. The monoisotopic (exact) mass is 308 g/mol. The van der Waals surface area contributed by atoms with Crippen LogP contribution in [0.4, 0.5) is 18.9 Å². The van der Waals surface area contributed by atoms with Crippen molar-refractivity contribution < 1.29 is 18.1 Å². The Morgan fingerprint density at radius 2 is 2.06 bits per heavy atom. The third kappa shape index (κ3) is 2.74. The molecule has 0 spiro atoms. The molecule has 0 radical (unpaired) electrons. The average molecular weight is 309 g/mol. The van der Waals surface area contributed by atoms with E-state index in [2.05, 4.69) is 15.9 Å². The van der Waals surface area contributed by atoms with Gasteiger partial charge in [0.25, 0.3) is 5.69 Å². The molecule has 0 aliphatic rings. The SMILES string of the molecule is N#CCc1c([N+](=O)[O-])ccc(C(F)(F)F)c1Br. The van der Waals surface area contributed by atoms with Gasteiger partial charge in [0.1, 0.15) is 0 Å². The van der Waals surface area contributed by atoms with Crippen LogP contribution in [-0.2, 0) is 12.6 Å². The maximum Gasteiger partial charge on any atom is 0.417 e. The predicted molar refractivity (Wildman–Crippen MR) is 55.1 cm³/mol. The van der Waals surface area contributed by atoms with Crippen LogP contribution in [-0.4, -0.2) is 4.92 Å². The molecule has 0 aliphatic heterocycles. The van der Waals surface area contributed by atoms with Crippen molar-refractivity contribution in [1.29, 1.82) is 5.26 Å². The Morgan fingerprint density at radius 1 is 1.47 bits per heavy atom. The van der Waals surface area contributed by atoms with Gasteiger partial charge in [0.2, 0.25) is 0 Å². The van der Waals surface area contributed by atoms with E-state index in [1.807, 2.05) is 0 Å². The Bertz CT molecular complexity index is 508. The Morgan fingerprint density at radius 3 is 2.47 bits per heavy atom. The third-order valence-electron chi connectivity index (χ3n) is 1.98. The summed E-state index contributed by atoms with van der Waals surface area (Å²) in [5.41, 5.74) is -1.81. The molecule has 17 heavy (non-hydrogen) atoms. The zero-order valence-electron chi connectivity index (χ0n) is 8.08. The van der Waals surface area contributed by atoms with Gasteiger partial charge in [-0.15, -0.1) is 0 Å². The minimum atomic E-state index is -4.63. The first-order valence-electron chi connectivity index (χ1n) is 4.19. The zero-order chi connectivity index (χ0) is 13.2. The summed E-state index contributed by atoms with van der Waals surface area (Å²) >= 11 is 2.66. The van der Waals surface area contributed by atoms with E-state index >= 15 is 0 Å². The molecular formula is C9H4BrF3N2O2. The van der Waals surface area contributed by atoms with Crippen LogP contribution in [0.3, 0.4) is 0 Å². The molecule has 0 aromatic heterocycles. The standard InChI is InChI=1S/C9H4BrF3N2O2/c10-8-5(3-4-14)7(15(16)17)2-1-6(8)9(11,12)13/h1-2H,3H2. The zero-order valence-corrected chi connectivity index (χ0v) is 9.67. The first kappa shape index (κ1) is 13.4. The van der Waals surface area contributed by atoms with Gasteiger partial charge >= 0.3 is 6.18 Å². The third-order valence-corrected chi connectivity index (χ3v) is 2.88. The maximum atomic E-state index is 12.5. The van der Waals surface area contributed by atoms with E-state index in [4.69, 9.17) is 5.26 Å². The first-order valence-corrected chi connectivity index (χ1v) is 4.98. The highest BCUT2D eigenvalue weighted by Crippen LogP contribution is 2.39. The normalized spacial score (nSPS) is 11.0. The van der Waals surface area contributed by atoms with E-state index in [0.29, 0.717) is 6.07 Å². The largest absolute Gasteiger partial charge is 0.417 e. The lowest BCUT2D eigenvalue weighted by Crippen LogP contribution is -2.09. The Labute approximate surface area is 102 Å². The topological polar surface area (TPSA) is 66.9 Å². The average Bonchev–Trinajstić information content (AvgIpc) is 2.18. The Hall–Kier alpha value is -1.62. The van der Waals surface area contributed by atoms with Gasteiger partial charge in [0.15, 0.2) is 0 Å². The van der Waals surface area contributed by atoms with Gasteiger partial charge < -0.3 is 0 Å². The minimum absolute atomic E-state index is 0.271. The van der Waals surface area contributed by atoms with E-state index < -0.39 is 33.2 Å². The lowest BCUT2D eigenvalue weighted by atomic mass is 10.1. The van der Waals surface area contributed by atoms with Gasteiger partial charge in [-0.05, 0) is 22.0 Å². The number of hydrogen-bond acceptors (Lipinski definition) is 3. The summed E-state index contributed by atoms with van der Waals surface area (Å²) in [6.07, 6.45) is -5.10. The van der Waals surface area contributed by atoms with Crippen molar-refractivity contribution in [3.8, 4) is 6.07 Å².